The maximum Gasteiger partial charge on any atom is 0.225 e. The highest BCUT2D eigenvalue weighted by Gasteiger charge is 2.10. The molecule has 0 fully saturated rings. The molecule has 0 amide bonds. The second-order valence-electron chi connectivity index (χ2n) is 5.45. The molecule has 22 heavy (non-hydrogen) atoms. The van der Waals surface area contributed by atoms with Gasteiger partial charge in [0.2, 0.25) is 5.28 Å². The van der Waals surface area contributed by atoms with Crippen LogP contribution >= 0.6 is 23.2 Å². The van der Waals surface area contributed by atoms with E-state index in [1.54, 1.807) is 6.33 Å². The van der Waals surface area contributed by atoms with Crippen LogP contribution in [0.3, 0.4) is 0 Å². The van der Waals surface area contributed by atoms with Gasteiger partial charge >= 0.3 is 0 Å². The van der Waals surface area contributed by atoms with Gasteiger partial charge in [0.25, 0.3) is 0 Å². The van der Waals surface area contributed by atoms with Crippen molar-refractivity contribution in [2.45, 2.75) is 57.9 Å². The van der Waals surface area contributed by atoms with Gasteiger partial charge in [0.1, 0.15) is 5.52 Å². The van der Waals surface area contributed by atoms with Crippen LogP contribution in [0.4, 0.5) is 0 Å². The van der Waals surface area contributed by atoms with Crippen molar-refractivity contribution in [2.75, 3.05) is 6.61 Å². The quantitative estimate of drug-likeness (QED) is 0.397. The monoisotopic (exact) mass is 344 g/mol. The summed E-state index contributed by atoms with van der Waals surface area (Å²) in [5.41, 5.74) is 1.31. The van der Waals surface area contributed by atoms with Crippen LogP contribution in [0.25, 0.3) is 11.2 Å². The minimum absolute atomic E-state index is 0.129. The first kappa shape index (κ1) is 17.4. The minimum atomic E-state index is 0.129. The second kappa shape index (κ2) is 9.28. The molecule has 122 valence electrons. The molecule has 0 aliphatic carbocycles. The summed E-state index contributed by atoms with van der Waals surface area (Å²) < 4.78 is 2.00. The number of nitrogens with zero attached hydrogens (tertiary/aromatic N) is 4. The molecule has 1 N–H and O–H groups in total. The Morgan fingerprint density at radius 3 is 2.23 bits per heavy atom. The van der Waals surface area contributed by atoms with Crippen molar-refractivity contribution in [3.8, 4) is 0 Å². The fourth-order valence-corrected chi connectivity index (χ4v) is 3.02. The van der Waals surface area contributed by atoms with Gasteiger partial charge in [0.05, 0.1) is 6.33 Å². The molecule has 5 nitrogen and oxygen atoms in total. The normalized spacial score (nSPS) is 11.4. The number of aryl methyl sites for hydroxylation is 1. The number of aromatic nitrogens is 4. The molecule has 7 heteroatoms. The number of unbranched alkanes of at least 4 members (excludes halogenated alkanes) is 7. The number of aliphatic hydroxyl groups excluding tert-OH is 1. The number of imidazole rings is 1. The minimum Gasteiger partial charge on any atom is -0.396 e. The molecule has 0 spiro atoms. The smallest absolute Gasteiger partial charge is 0.225 e. The molecule has 2 heterocycles. The van der Waals surface area contributed by atoms with Gasteiger partial charge in [-0.25, -0.2) is 9.97 Å². The highest BCUT2D eigenvalue weighted by molar-refractivity contribution is 6.35. The Hall–Kier alpha value is -0.910. The third kappa shape index (κ3) is 5.07. The third-order valence-corrected chi connectivity index (χ3v) is 4.14. The SMILES string of the molecule is OCCCCCCCCCCn1cnc2nc(Cl)nc(Cl)c21. The van der Waals surface area contributed by atoms with E-state index in [2.05, 4.69) is 15.0 Å². The summed E-state index contributed by atoms with van der Waals surface area (Å²) >= 11 is 11.9. The van der Waals surface area contributed by atoms with Crippen molar-refractivity contribution in [1.82, 2.24) is 19.5 Å². The zero-order valence-electron chi connectivity index (χ0n) is 12.6. The highest BCUT2D eigenvalue weighted by atomic mass is 35.5. The van der Waals surface area contributed by atoms with E-state index in [1.165, 1.54) is 32.1 Å². The lowest BCUT2D eigenvalue weighted by molar-refractivity contribution is 0.282. The summed E-state index contributed by atoms with van der Waals surface area (Å²) in [6.45, 7) is 1.18. The summed E-state index contributed by atoms with van der Waals surface area (Å²) in [7, 11) is 0. The third-order valence-electron chi connectivity index (χ3n) is 3.71. The fraction of sp³-hybridized carbons (Fsp3) is 0.667. The Balaban J connectivity index is 1.70. The van der Waals surface area contributed by atoms with Gasteiger partial charge in [-0.3, -0.25) is 0 Å². The predicted octanol–water partition coefficient (Wildman–Crippen LogP) is 4.25. The summed E-state index contributed by atoms with van der Waals surface area (Å²) in [6.07, 6.45) is 11.1. The molecule has 2 aromatic rings. The first-order chi connectivity index (χ1) is 10.7. The van der Waals surface area contributed by atoms with Gasteiger partial charge in [-0.05, 0) is 24.4 Å². The molecule has 2 rings (SSSR count). The molecular formula is C15H22Cl2N4O. The van der Waals surface area contributed by atoms with Crippen molar-refractivity contribution in [2.24, 2.45) is 0 Å². The van der Waals surface area contributed by atoms with Gasteiger partial charge in [0, 0.05) is 13.2 Å². The zero-order valence-corrected chi connectivity index (χ0v) is 14.2. The van der Waals surface area contributed by atoms with Gasteiger partial charge in [-0.2, -0.15) is 4.98 Å². The summed E-state index contributed by atoms with van der Waals surface area (Å²) in [5, 5.41) is 9.19. The van der Waals surface area contributed by atoms with Gasteiger partial charge in [-0.1, -0.05) is 50.1 Å². The fourth-order valence-electron chi connectivity index (χ4n) is 2.53. The molecule has 0 saturated heterocycles. The predicted molar refractivity (Wildman–Crippen MR) is 89.4 cm³/mol. The average Bonchev–Trinajstić information content (AvgIpc) is 2.88. The molecule has 0 atom stereocenters. The van der Waals surface area contributed by atoms with E-state index in [1.807, 2.05) is 4.57 Å². The van der Waals surface area contributed by atoms with Gasteiger partial charge < -0.3 is 9.67 Å². The zero-order chi connectivity index (χ0) is 15.8. The first-order valence-corrected chi connectivity index (χ1v) is 8.62. The molecule has 0 radical (unpaired) electrons. The van der Waals surface area contributed by atoms with Crippen LogP contribution in [-0.4, -0.2) is 31.2 Å². The van der Waals surface area contributed by atoms with Gasteiger partial charge in [-0.15, -0.1) is 0 Å². The lowest BCUT2D eigenvalue weighted by Crippen LogP contribution is -1.98. The van der Waals surface area contributed by atoms with Crippen LogP contribution in [0.5, 0.6) is 0 Å². The average molecular weight is 345 g/mol. The number of halogens is 2. The molecular weight excluding hydrogens is 323 g/mol. The van der Waals surface area contributed by atoms with E-state index in [4.69, 9.17) is 28.3 Å². The van der Waals surface area contributed by atoms with Crippen molar-refractivity contribution in [3.05, 3.63) is 16.8 Å². The number of aliphatic hydroxyl groups is 1. The van der Waals surface area contributed by atoms with E-state index in [0.717, 1.165) is 31.3 Å². The summed E-state index contributed by atoms with van der Waals surface area (Å²) in [5.74, 6) is 0. The molecule has 0 bridgehead atoms. The summed E-state index contributed by atoms with van der Waals surface area (Å²) in [4.78, 5) is 12.3. The molecule has 0 aromatic carbocycles. The molecule has 2 aromatic heterocycles. The highest BCUT2D eigenvalue weighted by Crippen LogP contribution is 2.21. The molecule has 0 unspecified atom stereocenters. The van der Waals surface area contributed by atoms with Crippen LogP contribution in [0, 0.1) is 0 Å². The van der Waals surface area contributed by atoms with E-state index in [0.29, 0.717) is 17.4 Å². The molecule has 0 aliphatic heterocycles. The Morgan fingerprint density at radius 1 is 0.909 bits per heavy atom. The second-order valence-corrected chi connectivity index (χ2v) is 6.14. The van der Waals surface area contributed by atoms with Crippen molar-refractivity contribution in [1.29, 1.82) is 0 Å². The number of fused-ring (bicyclic) bond motifs is 1. The van der Waals surface area contributed by atoms with Crippen LogP contribution in [0.15, 0.2) is 6.33 Å². The maximum absolute atomic E-state index is 8.71. The lowest BCUT2D eigenvalue weighted by atomic mass is 10.1. The Morgan fingerprint density at radius 2 is 1.55 bits per heavy atom. The first-order valence-electron chi connectivity index (χ1n) is 7.87. The maximum atomic E-state index is 8.71. The number of hydrogen-bond donors (Lipinski definition) is 1. The number of hydrogen-bond acceptors (Lipinski definition) is 4. The Bertz CT molecular complexity index is 588. The standard InChI is InChI=1S/C15H22Cl2N4O/c16-13-12-14(20-15(17)19-13)18-11-21(12)9-7-5-3-1-2-4-6-8-10-22/h11,22H,1-10H2. The largest absolute Gasteiger partial charge is 0.396 e. The Labute approximate surface area is 140 Å². The molecule has 0 aliphatic rings. The summed E-state index contributed by atoms with van der Waals surface area (Å²) in [6, 6.07) is 0. The number of rotatable bonds is 10. The van der Waals surface area contributed by atoms with Crippen molar-refractivity contribution < 1.29 is 5.11 Å². The van der Waals surface area contributed by atoms with E-state index in [-0.39, 0.29) is 5.28 Å². The molecule has 0 saturated carbocycles. The van der Waals surface area contributed by atoms with Crippen LogP contribution in [0.2, 0.25) is 10.4 Å². The van der Waals surface area contributed by atoms with Crippen molar-refractivity contribution >= 4 is 34.4 Å². The Kier molecular flexibility index (Phi) is 7.36. The van der Waals surface area contributed by atoms with E-state index >= 15 is 0 Å². The topological polar surface area (TPSA) is 63.8 Å². The van der Waals surface area contributed by atoms with E-state index in [9.17, 15) is 0 Å². The van der Waals surface area contributed by atoms with Crippen LogP contribution in [-0.2, 0) is 6.54 Å². The van der Waals surface area contributed by atoms with Crippen LogP contribution < -0.4 is 0 Å². The lowest BCUT2D eigenvalue weighted by Gasteiger charge is -2.05. The van der Waals surface area contributed by atoms with E-state index < -0.39 is 0 Å². The van der Waals surface area contributed by atoms with Crippen LogP contribution in [0.1, 0.15) is 51.4 Å². The van der Waals surface area contributed by atoms with Crippen molar-refractivity contribution in [3.63, 3.8) is 0 Å². The van der Waals surface area contributed by atoms with Gasteiger partial charge in [0.15, 0.2) is 10.8 Å².